The Labute approximate surface area is 110 Å². The summed E-state index contributed by atoms with van der Waals surface area (Å²) >= 11 is 0. The van der Waals surface area contributed by atoms with Gasteiger partial charge in [0.05, 0.1) is 11.0 Å². The SMILES string of the molecule is CCCc1nc2ccccc2n1CCCC(C)C. The number of hydrogen-bond donors (Lipinski definition) is 0. The maximum atomic E-state index is 4.76. The molecule has 0 aliphatic carbocycles. The summed E-state index contributed by atoms with van der Waals surface area (Å²) < 4.78 is 2.42. The number of rotatable bonds is 6. The number of para-hydroxylation sites is 2. The minimum atomic E-state index is 0.786. The van der Waals surface area contributed by atoms with Crippen molar-refractivity contribution < 1.29 is 0 Å². The number of benzene rings is 1. The molecule has 18 heavy (non-hydrogen) atoms. The molecule has 0 aliphatic rings. The van der Waals surface area contributed by atoms with Crippen molar-refractivity contribution in [2.24, 2.45) is 5.92 Å². The fourth-order valence-electron chi connectivity index (χ4n) is 2.45. The molecule has 0 amide bonds. The first-order chi connectivity index (χ1) is 8.72. The largest absolute Gasteiger partial charge is 0.328 e. The van der Waals surface area contributed by atoms with E-state index < -0.39 is 0 Å². The summed E-state index contributed by atoms with van der Waals surface area (Å²) in [5.74, 6) is 2.04. The lowest BCUT2D eigenvalue weighted by molar-refractivity contribution is 0.508. The summed E-state index contributed by atoms with van der Waals surface area (Å²) in [5, 5.41) is 0. The molecule has 0 N–H and O–H groups in total. The predicted octanol–water partition coefficient (Wildman–Crippen LogP) is 4.43. The first-order valence-corrected chi connectivity index (χ1v) is 7.16. The second-order valence-corrected chi connectivity index (χ2v) is 5.45. The molecule has 2 heteroatoms. The third-order valence-electron chi connectivity index (χ3n) is 3.37. The Hall–Kier alpha value is -1.31. The molecule has 2 aromatic rings. The lowest BCUT2D eigenvalue weighted by atomic mass is 10.1. The maximum Gasteiger partial charge on any atom is 0.109 e. The normalized spacial score (nSPS) is 11.6. The van der Waals surface area contributed by atoms with Gasteiger partial charge in [-0.2, -0.15) is 0 Å². The molecule has 0 radical (unpaired) electrons. The second kappa shape index (κ2) is 6.03. The Balaban J connectivity index is 2.24. The van der Waals surface area contributed by atoms with E-state index in [0.717, 1.165) is 30.8 Å². The smallest absolute Gasteiger partial charge is 0.109 e. The highest BCUT2D eigenvalue weighted by Crippen LogP contribution is 2.18. The molecule has 2 rings (SSSR count). The molecule has 1 aromatic heterocycles. The van der Waals surface area contributed by atoms with Gasteiger partial charge in [-0.05, 0) is 37.3 Å². The van der Waals surface area contributed by atoms with E-state index in [9.17, 15) is 0 Å². The molecular formula is C16H24N2. The monoisotopic (exact) mass is 244 g/mol. The van der Waals surface area contributed by atoms with Crippen LogP contribution in [-0.4, -0.2) is 9.55 Å². The zero-order valence-electron chi connectivity index (χ0n) is 11.8. The first kappa shape index (κ1) is 13.1. The molecule has 1 aromatic carbocycles. The number of imidazole rings is 1. The third kappa shape index (κ3) is 2.92. The summed E-state index contributed by atoms with van der Waals surface area (Å²) in [5.41, 5.74) is 2.44. The lowest BCUT2D eigenvalue weighted by Gasteiger charge is -2.10. The summed E-state index contributed by atoms with van der Waals surface area (Å²) in [6.07, 6.45) is 4.77. The van der Waals surface area contributed by atoms with Crippen LogP contribution in [0.2, 0.25) is 0 Å². The molecule has 0 bridgehead atoms. The van der Waals surface area contributed by atoms with Crippen molar-refractivity contribution in [1.29, 1.82) is 0 Å². The van der Waals surface area contributed by atoms with Crippen molar-refractivity contribution in [3.8, 4) is 0 Å². The van der Waals surface area contributed by atoms with Crippen LogP contribution in [-0.2, 0) is 13.0 Å². The average Bonchev–Trinajstić information content (AvgIpc) is 2.68. The lowest BCUT2D eigenvalue weighted by Crippen LogP contribution is -2.05. The van der Waals surface area contributed by atoms with Gasteiger partial charge >= 0.3 is 0 Å². The van der Waals surface area contributed by atoms with E-state index in [1.165, 1.54) is 24.2 Å². The zero-order valence-corrected chi connectivity index (χ0v) is 11.8. The van der Waals surface area contributed by atoms with Gasteiger partial charge in [0.25, 0.3) is 0 Å². The van der Waals surface area contributed by atoms with Gasteiger partial charge in [0, 0.05) is 13.0 Å². The van der Waals surface area contributed by atoms with Crippen molar-refractivity contribution in [2.75, 3.05) is 0 Å². The van der Waals surface area contributed by atoms with E-state index in [4.69, 9.17) is 4.98 Å². The van der Waals surface area contributed by atoms with Crippen molar-refractivity contribution in [3.63, 3.8) is 0 Å². The zero-order chi connectivity index (χ0) is 13.0. The highest BCUT2D eigenvalue weighted by Gasteiger charge is 2.09. The van der Waals surface area contributed by atoms with E-state index in [1.54, 1.807) is 0 Å². The molecular weight excluding hydrogens is 220 g/mol. The molecule has 98 valence electrons. The number of nitrogens with zero attached hydrogens (tertiary/aromatic N) is 2. The van der Waals surface area contributed by atoms with Crippen LogP contribution in [0.3, 0.4) is 0 Å². The van der Waals surface area contributed by atoms with Crippen LogP contribution < -0.4 is 0 Å². The molecule has 0 saturated heterocycles. The Kier molecular flexibility index (Phi) is 4.40. The van der Waals surface area contributed by atoms with Crippen molar-refractivity contribution in [1.82, 2.24) is 9.55 Å². The van der Waals surface area contributed by atoms with E-state index in [0.29, 0.717) is 0 Å². The molecule has 0 fully saturated rings. The Morgan fingerprint density at radius 1 is 1.22 bits per heavy atom. The second-order valence-electron chi connectivity index (χ2n) is 5.45. The Morgan fingerprint density at radius 3 is 2.72 bits per heavy atom. The van der Waals surface area contributed by atoms with E-state index in [-0.39, 0.29) is 0 Å². The van der Waals surface area contributed by atoms with Gasteiger partial charge in [0.15, 0.2) is 0 Å². The highest BCUT2D eigenvalue weighted by molar-refractivity contribution is 5.75. The van der Waals surface area contributed by atoms with Gasteiger partial charge < -0.3 is 4.57 Å². The highest BCUT2D eigenvalue weighted by atomic mass is 15.1. The molecule has 2 nitrogen and oxygen atoms in total. The van der Waals surface area contributed by atoms with Gasteiger partial charge in [-0.15, -0.1) is 0 Å². The number of fused-ring (bicyclic) bond motifs is 1. The van der Waals surface area contributed by atoms with E-state index in [1.807, 2.05) is 0 Å². The van der Waals surface area contributed by atoms with Crippen LogP contribution >= 0.6 is 0 Å². The predicted molar refractivity (Wildman–Crippen MR) is 77.8 cm³/mol. The molecule has 0 unspecified atom stereocenters. The van der Waals surface area contributed by atoms with Gasteiger partial charge in [0.1, 0.15) is 5.82 Å². The minimum Gasteiger partial charge on any atom is -0.328 e. The third-order valence-corrected chi connectivity index (χ3v) is 3.37. The molecule has 0 saturated carbocycles. The van der Waals surface area contributed by atoms with Crippen LogP contribution in [0.4, 0.5) is 0 Å². The number of aryl methyl sites for hydroxylation is 2. The first-order valence-electron chi connectivity index (χ1n) is 7.16. The quantitative estimate of drug-likeness (QED) is 0.735. The summed E-state index contributed by atoms with van der Waals surface area (Å²) in [4.78, 5) is 4.76. The van der Waals surface area contributed by atoms with Gasteiger partial charge in [0.2, 0.25) is 0 Å². The molecule has 1 heterocycles. The van der Waals surface area contributed by atoms with E-state index >= 15 is 0 Å². The minimum absolute atomic E-state index is 0.786. The molecule has 0 spiro atoms. The van der Waals surface area contributed by atoms with Crippen LogP contribution in [0.15, 0.2) is 24.3 Å². The van der Waals surface area contributed by atoms with Crippen molar-refractivity contribution >= 4 is 11.0 Å². The average molecular weight is 244 g/mol. The molecule has 0 aliphatic heterocycles. The van der Waals surface area contributed by atoms with Crippen molar-refractivity contribution in [3.05, 3.63) is 30.1 Å². The fraction of sp³-hybridized carbons (Fsp3) is 0.562. The fourth-order valence-corrected chi connectivity index (χ4v) is 2.45. The summed E-state index contributed by atoms with van der Waals surface area (Å²) in [6, 6.07) is 8.49. The Bertz CT molecular complexity index is 497. The summed E-state index contributed by atoms with van der Waals surface area (Å²) in [7, 11) is 0. The van der Waals surface area contributed by atoms with Gasteiger partial charge in [-0.3, -0.25) is 0 Å². The van der Waals surface area contributed by atoms with Crippen LogP contribution in [0.5, 0.6) is 0 Å². The Morgan fingerprint density at radius 2 is 2.00 bits per heavy atom. The van der Waals surface area contributed by atoms with Gasteiger partial charge in [-0.25, -0.2) is 4.98 Å². The van der Waals surface area contributed by atoms with E-state index in [2.05, 4.69) is 49.6 Å². The number of hydrogen-bond acceptors (Lipinski definition) is 1. The van der Waals surface area contributed by atoms with Crippen molar-refractivity contribution in [2.45, 2.75) is 53.0 Å². The standard InChI is InChI=1S/C16H24N2/c1-4-8-16-17-14-10-5-6-11-15(14)18(16)12-7-9-13(2)3/h5-6,10-11,13H,4,7-9,12H2,1-3H3. The summed E-state index contributed by atoms with van der Waals surface area (Å²) in [6.45, 7) is 7.91. The topological polar surface area (TPSA) is 17.8 Å². The maximum absolute atomic E-state index is 4.76. The molecule has 0 atom stereocenters. The van der Waals surface area contributed by atoms with Crippen LogP contribution in [0, 0.1) is 5.92 Å². The number of aromatic nitrogens is 2. The van der Waals surface area contributed by atoms with Gasteiger partial charge in [-0.1, -0.05) is 32.9 Å². The van der Waals surface area contributed by atoms with Crippen LogP contribution in [0.1, 0.15) is 45.9 Å². The van der Waals surface area contributed by atoms with Crippen LogP contribution in [0.25, 0.3) is 11.0 Å².